The third kappa shape index (κ3) is 4.63. The van der Waals surface area contributed by atoms with Crippen LogP contribution in [0.15, 0.2) is 10.9 Å². The second-order valence-electron chi connectivity index (χ2n) is 4.05. The highest BCUT2D eigenvalue weighted by Gasteiger charge is 1.99. The first-order valence-corrected chi connectivity index (χ1v) is 5.28. The summed E-state index contributed by atoms with van der Waals surface area (Å²) < 4.78 is 5.39. The van der Waals surface area contributed by atoms with Crippen molar-refractivity contribution in [2.75, 3.05) is 6.61 Å². The molecule has 1 aromatic rings. The molecule has 0 aliphatic carbocycles. The van der Waals surface area contributed by atoms with Gasteiger partial charge >= 0.3 is 0 Å². The Morgan fingerprint density at radius 3 is 2.87 bits per heavy atom. The third-order valence-electron chi connectivity index (χ3n) is 2.01. The van der Waals surface area contributed by atoms with Crippen molar-refractivity contribution < 1.29 is 4.74 Å². The Morgan fingerprint density at radius 1 is 1.53 bits per heavy atom. The summed E-state index contributed by atoms with van der Waals surface area (Å²) in [6, 6.07) is 1.38. The summed E-state index contributed by atoms with van der Waals surface area (Å²) >= 11 is 0. The maximum atomic E-state index is 11.1. The summed E-state index contributed by atoms with van der Waals surface area (Å²) in [5, 5.41) is 0. The van der Waals surface area contributed by atoms with E-state index in [4.69, 9.17) is 4.74 Å². The zero-order chi connectivity index (χ0) is 11.3. The van der Waals surface area contributed by atoms with Gasteiger partial charge in [0.1, 0.15) is 5.82 Å². The van der Waals surface area contributed by atoms with E-state index < -0.39 is 0 Å². The van der Waals surface area contributed by atoms with Crippen LogP contribution < -0.4 is 10.3 Å². The molecule has 0 fully saturated rings. The Balaban J connectivity index is 2.40. The van der Waals surface area contributed by atoms with Crippen LogP contribution in [0.25, 0.3) is 0 Å². The molecule has 84 valence electrons. The molecule has 0 aliphatic heterocycles. The van der Waals surface area contributed by atoms with E-state index in [9.17, 15) is 4.79 Å². The van der Waals surface area contributed by atoms with Crippen molar-refractivity contribution in [2.24, 2.45) is 5.92 Å². The average Bonchev–Trinajstić information content (AvgIpc) is 2.10. The monoisotopic (exact) mass is 210 g/mol. The first kappa shape index (κ1) is 11.8. The smallest absolute Gasteiger partial charge is 0.254 e. The number of nitrogens with zero attached hydrogens (tertiary/aromatic N) is 1. The lowest BCUT2D eigenvalue weighted by molar-refractivity contribution is 0.285. The van der Waals surface area contributed by atoms with Crippen molar-refractivity contribution >= 4 is 0 Å². The largest absolute Gasteiger partial charge is 0.477 e. The summed E-state index contributed by atoms with van der Waals surface area (Å²) in [6.45, 7) is 6.71. The first-order chi connectivity index (χ1) is 7.08. The lowest BCUT2D eigenvalue weighted by Crippen LogP contribution is -2.10. The van der Waals surface area contributed by atoms with E-state index in [1.165, 1.54) is 6.07 Å². The molecular weight excluding hydrogens is 192 g/mol. The Morgan fingerprint density at radius 2 is 2.27 bits per heavy atom. The molecule has 1 aromatic heterocycles. The molecule has 1 rings (SSSR count). The minimum Gasteiger partial charge on any atom is -0.477 e. The van der Waals surface area contributed by atoms with Crippen molar-refractivity contribution in [3.8, 4) is 5.88 Å². The van der Waals surface area contributed by atoms with Crippen LogP contribution in [0.4, 0.5) is 0 Å². The molecule has 0 saturated carbocycles. The normalized spacial score (nSPS) is 10.7. The van der Waals surface area contributed by atoms with Gasteiger partial charge in [0.2, 0.25) is 5.88 Å². The van der Waals surface area contributed by atoms with Crippen LogP contribution in [0.3, 0.4) is 0 Å². The van der Waals surface area contributed by atoms with Gasteiger partial charge in [-0.2, -0.15) is 0 Å². The van der Waals surface area contributed by atoms with E-state index in [1.807, 2.05) is 0 Å². The maximum Gasteiger partial charge on any atom is 0.254 e. The van der Waals surface area contributed by atoms with Gasteiger partial charge in [0.15, 0.2) is 0 Å². The molecule has 0 spiro atoms. The summed E-state index contributed by atoms with van der Waals surface area (Å²) in [4.78, 5) is 17.7. The highest BCUT2D eigenvalue weighted by Crippen LogP contribution is 2.06. The molecule has 0 amide bonds. The van der Waals surface area contributed by atoms with E-state index in [-0.39, 0.29) is 5.56 Å². The van der Waals surface area contributed by atoms with Gasteiger partial charge in [0, 0.05) is 0 Å². The lowest BCUT2D eigenvalue weighted by atomic mass is 10.1. The number of aryl methyl sites for hydroxylation is 1. The summed E-state index contributed by atoms with van der Waals surface area (Å²) in [5.41, 5.74) is -0.165. The predicted molar refractivity (Wildman–Crippen MR) is 59.2 cm³/mol. The van der Waals surface area contributed by atoms with Gasteiger partial charge in [0.05, 0.1) is 12.7 Å². The number of hydrogen-bond acceptors (Lipinski definition) is 3. The SMILES string of the molecule is Cc1nc(OCCCC(C)C)cc(=O)[nH]1. The number of rotatable bonds is 5. The van der Waals surface area contributed by atoms with E-state index >= 15 is 0 Å². The van der Waals surface area contributed by atoms with Gasteiger partial charge in [-0.25, -0.2) is 4.98 Å². The Kier molecular flexibility index (Phi) is 4.34. The fourth-order valence-electron chi connectivity index (χ4n) is 1.29. The van der Waals surface area contributed by atoms with E-state index in [0.29, 0.717) is 24.2 Å². The van der Waals surface area contributed by atoms with E-state index in [2.05, 4.69) is 23.8 Å². The van der Waals surface area contributed by atoms with Crippen LogP contribution in [-0.2, 0) is 0 Å². The molecule has 0 aliphatic rings. The number of H-pyrrole nitrogens is 1. The van der Waals surface area contributed by atoms with E-state index in [1.54, 1.807) is 6.92 Å². The second kappa shape index (κ2) is 5.53. The molecule has 15 heavy (non-hydrogen) atoms. The van der Waals surface area contributed by atoms with Crippen LogP contribution in [0, 0.1) is 12.8 Å². The molecule has 0 radical (unpaired) electrons. The standard InChI is InChI=1S/C11H18N2O2/c1-8(2)5-4-6-15-11-7-10(14)12-9(3)13-11/h7-8H,4-6H2,1-3H3,(H,12,13,14). The number of aromatic nitrogens is 2. The fraction of sp³-hybridized carbons (Fsp3) is 0.636. The average molecular weight is 210 g/mol. The van der Waals surface area contributed by atoms with Gasteiger partial charge in [-0.3, -0.25) is 4.79 Å². The lowest BCUT2D eigenvalue weighted by Gasteiger charge is -2.06. The summed E-state index contributed by atoms with van der Waals surface area (Å²) in [5.74, 6) is 1.68. The molecule has 0 atom stereocenters. The zero-order valence-corrected chi connectivity index (χ0v) is 9.54. The van der Waals surface area contributed by atoms with Crippen LogP contribution in [-0.4, -0.2) is 16.6 Å². The minimum absolute atomic E-state index is 0.165. The molecule has 1 N–H and O–H groups in total. The van der Waals surface area contributed by atoms with Crippen molar-refractivity contribution in [3.05, 3.63) is 22.2 Å². The molecule has 0 saturated heterocycles. The summed E-state index contributed by atoms with van der Waals surface area (Å²) in [6.07, 6.45) is 2.12. The Bertz CT molecular complexity index is 358. The number of ether oxygens (including phenoxy) is 1. The highest BCUT2D eigenvalue weighted by molar-refractivity contribution is 5.07. The van der Waals surface area contributed by atoms with Crippen LogP contribution in [0.1, 0.15) is 32.5 Å². The molecule has 4 nitrogen and oxygen atoms in total. The van der Waals surface area contributed by atoms with Crippen LogP contribution >= 0.6 is 0 Å². The van der Waals surface area contributed by atoms with Crippen LogP contribution in [0.5, 0.6) is 5.88 Å². The van der Waals surface area contributed by atoms with Gasteiger partial charge in [-0.1, -0.05) is 13.8 Å². The Labute approximate surface area is 89.7 Å². The third-order valence-corrected chi connectivity index (χ3v) is 2.01. The first-order valence-electron chi connectivity index (χ1n) is 5.28. The molecule has 1 heterocycles. The van der Waals surface area contributed by atoms with Gasteiger partial charge < -0.3 is 9.72 Å². The van der Waals surface area contributed by atoms with Gasteiger partial charge in [-0.15, -0.1) is 0 Å². The van der Waals surface area contributed by atoms with Gasteiger partial charge in [-0.05, 0) is 25.7 Å². The van der Waals surface area contributed by atoms with Gasteiger partial charge in [0.25, 0.3) is 5.56 Å². The number of aromatic amines is 1. The molecular formula is C11H18N2O2. The topological polar surface area (TPSA) is 55.0 Å². The highest BCUT2D eigenvalue weighted by atomic mass is 16.5. The fourth-order valence-corrected chi connectivity index (χ4v) is 1.29. The van der Waals surface area contributed by atoms with Crippen LogP contribution in [0.2, 0.25) is 0 Å². The maximum absolute atomic E-state index is 11.1. The second-order valence-corrected chi connectivity index (χ2v) is 4.05. The van der Waals surface area contributed by atoms with E-state index in [0.717, 1.165) is 12.8 Å². The number of nitrogens with one attached hydrogen (secondary N) is 1. The molecule has 0 aromatic carbocycles. The van der Waals surface area contributed by atoms with Crippen molar-refractivity contribution in [2.45, 2.75) is 33.6 Å². The van der Waals surface area contributed by atoms with Crippen molar-refractivity contribution in [1.29, 1.82) is 0 Å². The zero-order valence-electron chi connectivity index (χ0n) is 9.54. The van der Waals surface area contributed by atoms with Crippen molar-refractivity contribution in [3.63, 3.8) is 0 Å². The number of hydrogen-bond donors (Lipinski definition) is 1. The Hall–Kier alpha value is -1.32. The minimum atomic E-state index is -0.165. The quantitative estimate of drug-likeness (QED) is 0.755. The molecule has 0 unspecified atom stereocenters. The van der Waals surface area contributed by atoms with Crippen molar-refractivity contribution in [1.82, 2.24) is 9.97 Å². The molecule has 4 heteroatoms. The predicted octanol–water partition coefficient (Wildman–Crippen LogP) is 1.89. The molecule has 0 bridgehead atoms. The summed E-state index contributed by atoms with van der Waals surface area (Å²) in [7, 11) is 0.